The summed E-state index contributed by atoms with van der Waals surface area (Å²) in [6.07, 6.45) is 12.0. The molecule has 0 aliphatic heterocycles. The minimum absolute atomic E-state index is 0.0672. The lowest BCUT2D eigenvalue weighted by atomic mass is 9.79. The van der Waals surface area contributed by atoms with Crippen molar-refractivity contribution < 1.29 is 4.79 Å². The molecule has 110 valence electrons. The van der Waals surface area contributed by atoms with Gasteiger partial charge in [-0.3, -0.25) is 4.79 Å². The van der Waals surface area contributed by atoms with Gasteiger partial charge < -0.3 is 10.6 Å². The van der Waals surface area contributed by atoms with E-state index in [4.69, 9.17) is 0 Å². The van der Waals surface area contributed by atoms with E-state index in [0.29, 0.717) is 18.4 Å². The Kier molecular flexibility index (Phi) is 5.26. The Morgan fingerprint density at radius 3 is 2.37 bits per heavy atom. The summed E-state index contributed by atoms with van der Waals surface area (Å²) in [5.74, 6) is 0.955. The monoisotopic (exact) mass is 266 g/mol. The first kappa shape index (κ1) is 14.8. The van der Waals surface area contributed by atoms with E-state index in [2.05, 4.69) is 17.6 Å². The fourth-order valence-corrected chi connectivity index (χ4v) is 3.93. The van der Waals surface area contributed by atoms with Crippen molar-refractivity contribution in [3.63, 3.8) is 0 Å². The van der Waals surface area contributed by atoms with Gasteiger partial charge in [-0.1, -0.05) is 32.1 Å². The van der Waals surface area contributed by atoms with Gasteiger partial charge in [0.25, 0.3) is 0 Å². The molecule has 1 unspecified atom stereocenters. The summed E-state index contributed by atoms with van der Waals surface area (Å²) < 4.78 is 0. The molecule has 3 heteroatoms. The van der Waals surface area contributed by atoms with E-state index >= 15 is 0 Å². The molecule has 0 aromatic carbocycles. The molecular formula is C16H30N2O. The normalized spacial score (nSPS) is 25.2. The van der Waals surface area contributed by atoms with Crippen LogP contribution < -0.4 is 10.6 Å². The minimum atomic E-state index is 0.0672. The molecule has 0 radical (unpaired) electrons. The highest BCUT2D eigenvalue weighted by atomic mass is 16.1. The highest BCUT2D eigenvalue weighted by Gasteiger charge is 2.33. The van der Waals surface area contributed by atoms with Crippen LogP contribution in [-0.4, -0.2) is 24.5 Å². The molecule has 0 spiro atoms. The summed E-state index contributed by atoms with van der Waals surface area (Å²) >= 11 is 0. The van der Waals surface area contributed by atoms with Crippen LogP contribution in [0.1, 0.15) is 71.1 Å². The predicted octanol–water partition coefficient (Wildman–Crippen LogP) is 2.99. The van der Waals surface area contributed by atoms with Crippen LogP contribution in [0.15, 0.2) is 0 Å². The highest BCUT2D eigenvalue weighted by Crippen LogP contribution is 2.31. The van der Waals surface area contributed by atoms with Gasteiger partial charge >= 0.3 is 0 Å². The lowest BCUT2D eigenvalue weighted by Gasteiger charge is -2.37. The van der Waals surface area contributed by atoms with Crippen molar-refractivity contribution in [1.29, 1.82) is 0 Å². The maximum Gasteiger partial charge on any atom is 0.222 e. The van der Waals surface area contributed by atoms with Crippen molar-refractivity contribution in [2.75, 3.05) is 7.05 Å². The standard InChI is InChI=1S/C16H30N2O/c1-13(14-8-4-5-9-14)18-15(19)12-16(17-2)10-6-3-7-11-16/h13-14,17H,3-12H2,1-2H3,(H,18,19). The Morgan fingerprint density at radius 2 is 1.79 bits per heavy atom. The van der Waals surface area contributed by atoms with Crippen molar-refractivity contribution in [2.24, 2.45) is 5.92 Å². The molecule has 0 aromatic heterocycles. The molecule has 2 N–H and O–H groups in total. The summed E-state index contributed by atoms with van der Waals surface area (Å²) in [4.78, 5) is 12.3. The van der Waals surface area contributed by atoms with E-state index in [1.54, 1.807) is 0 Å². The van der Waals surface area contributed by atoms with Crippen molar-refractivity contribution in [1.82, 2.24) is 10.6 Å². The first-order valence-corrected chi connectivity index (χ1v) is 8.13. The molecular weight excluding hydrogens is 236 g/mol. The van der Waals surface area contributed by atoms with Crippen LogP contribution in [-0.2, 0) is 4.79 Å². The average Bonchev–Trinajstić information content (AvgIpc) is 2.93. The van der Waals surface area contributed by atoms with Gasteiger partial charge in [0.15, 0.2) is 0 Å². The van der Waals surface area contributed by atoms with Crippen molar-refractivity contribution in [2.45, 2.75) is 82.7 Å². The Morgan fingerprint density at radius 1 is 1.16 bits per heavy atom. The molecule has 2 fully saturated rings. The molecule has 2 saturated carbocycles. The number of carbonyl (C=O) groups is 1. The van der Waals surface area contributed by atoms with E-state index in [0.717, 1.165) is 12.8 Å². The molecule has 0 heterocycles. The smallest absolute Gasteiger partial charge is 0.222 e. The first-order chi connectivity index (χ1) is 9.15. The Bertz CT molecular complexity index is 291. The number of carbonyl (C=O) groups excluding carboxylic acids is 1. The molecule has 0 aromatic rings. The zero-order valence-electron chi connectivity index (χ0n) is 12.6. The molecule has 2 aliphatic rings. The largest absolute Gasteiger partial charge is 0.353 e. The fraction of sp³-hybridized carbons (Fsp3) is 0.938. The van der Waals surface area contributed by atoms with Crippen LogP contribution in [0.4, 0.5) is 0 Å². The molecule has 1 atom stereocenters. The van der Waals surface area contributed by atoms with E-state index in [1.807, 2.05) is 7.05 Å². The highest BCUT2D eigenvalue weighted by molar-refractivity contribution is 5.77. The maximum atomic E-state index is 12.3. The van der Waals surface area contributed by atoms with E-state index in [9.17, 15) is 4.79 Å². The Labute approximate surface area is 117 Å². The van der Waals surface area contributed by atoms with Crippen molar-refractivity contribution >= 4 is 5.91 Å². The molecule has 19 heavy (non-hydrogen) atoms. The predicted molar refractivity (Wildman–Crippen MR) is 79.1 cm³/mol. The Hall–Kier alpha value is -0.570. The number of hydrogen-bond acceptors (Lipinski definition) is 2. The first-order valence-electron chi connectivity index (χ1n) is 8.13. The molecule has 0 bridgehead atoms. The third kappa shape index (κ3) is 3.95. The summed E-state index contributed by atoms with van der Waals surface area (Å²) in [5, 5.41) is 6.68. The summed E-state index contributed by atoms with van der Waals surface area (Å²) in [5.41, 5.74) is 0.0672. The van der Waals surface area contributed by atoms with E-state index in [1.165, 1.54) is 44.9 Å². The lowest BCUT2D eigenvalue weighted by molar-refractivity contribution is -0.123. The molecule has 2 rings (SSSR count). The summed E-state index contributed by atoms with van der Waals surface area (Å²) in [6, 6.07) is 0.354. The lowest BCUT2D eigenvalue weighted by Crippen LogP contribution is -2.49. The minimum Gasteiger partial charge on any atom is -0.353 e. The second-order valence-corrected chi connectivity index (χ2v) is 6.67. The summed E-state index contributed by atoms with van der Waals surface area (Å²) in [7, 11) is 2.01. The third-order valence-electron chi connectivity index (χ3n) is 5.34. The van der Waals surface area contributed by atoms with Gasteiger partial charge in [0.1, 0.15) is 0 Å². The van der Waals surface area contributed by atoms with Crippen LogP contribution in [0.2, 0.25) is 0 Å². The quantitative estimate of drug-likeness (QED) is 0.803. The van der Waals surface area contributed by atoms with Gasteiger partial charge in [0.2, 0.25) is 5.91 Å². The Balaban J connectivity index is 1.81. The zero-order chi connectivity index (χ0) is 13.7. The second-order valence-electron chi connectivity index (χ2n) is 6.67. The zero-order valence-corrected chi connectivity index (χ0v) is 12.6. The fourth-order valence-electron chi connectivity index (χ4n) is 3.93. The molecule has 2 aliphatic carbocycles. The van der Waals surface area contributed by atoms with E-state index in [-0.39, 0.29) is 11.4 Å². The van der Waals surface area contributed by atoms with Gasteiger partial charge in [-0.05, 0) is 45.6 Å². The number of hydrogen-bond donors (Lipinski definition) is 2. The second kappa shape index (κ2) is 6.74. The molecule has 3 nitrogen and oxygen atoms in total. The van der Waals surface area contributed by atoms with Gasteiger partial charge in [-0.15, -0.1) is 0 Å². The van der Waals surface area contributed by atoms with Crippen LogP contribution >= 0.6 is 0 Å². The van der Waals surface area contributed by atoms with Gasteiger partial charge in [-0.2, -0.15) is 0 Å². The van der Waals surface area contributed by atoms with Crippen molar-refractivity contribution in [3.8, 4) is 0 Å². The average molecular weight is 266 g/mol. The van der Waals surface area contributed by atoms with Crippen LogP contribution in [0.25, 0.3) is 0 Å². The number of nitrogens with one attached hydrogen (secondary N) is 2. The number of rotatable bonds is 5. The molecule has 0 saturated heterocycles. The summed E-state index contributed by atoms with van der Waals surface area (Å²) in [6.45, 7) is 2.18. The van der Waals surface area contributed by atoms with Gasteiger partial charge in [0.05, 0.1) is 0 Å². The van der Waals surface area contributed by atoms with Crippen LogP contribution in [0, 0.1) is 5.92 Å². The van der Waals surface area contributed by atoms with Crippen molar-refractivity contribution in [3.05, 3.63) is 0 Å². The SMILES string of the molecule is CNC1(CC(=O)NC(C)C2CCCC2)CCCCC1. The molecule has 1 amide bonds. The third-order valence-corrected chi connectivity index (χ3v) is 5.34. The van der Waals surface area contributed by atoms with Crippen LogP contribution in [0.3, 0.4) is 0 Å². The van der Waals surface area contributed by atoms with Crippen LogP contribution in [0.5, 0.6) is 0 Å². The topological polar surface area (TPSA) is 41.1 Å². The van der Waals surface area contributed by atoms with Gasteiger partial charge in [0, 0.05) is 18.0 Å². The number of amides is 1. The maximum absolute atomic E-state index is 12.3. The van der Waals surface area contributed by atoms with E-state index < -0.39 is 0 Å². The van der Waals surface area contributed by atoms with Gasteiger partial charge in [-0.25, -0.2) is 0 Å².